The van der Waals surface area contributed by atoms with E-state index in [9.17, 15) is 28.0 Å². The molecule has 2 aromatic rings. The zero-order valence-corrected chi connectivity index (χ0v) is 18.3. The minimum atomic E-state index is -1.18. The molecule has 0 radical (unpaired) electrons. The standard InChI is InChI=1S/C22H23F2N5O5/c1-2-34-21(33)11-4-3-7-29(10-11)22-27-18-17(20(32)28-22)13(9-16(30)26-18)19(31)25-12-5-6-14(23)15(24)8-12/h5-6,8,11,13H,2-4,7,9-10H2,1H3,(H,25,31)(H2,26,27,28,30,32). The number of piperidine rings is 1. The van der Waals surface area contributed by atoms with Crippen LogP contribution in [0.3, 0.4) is 0 Å². The first-order chi connectivity index (χ1) is 16.3. The number of H-pyrrole nitrogens is 1. The van der Waals surface area contributed by atoms with Crippen molar-refractivity contribution in [3.8, 4) is 0 Å². The summed E-state index contributed by atoms with van der Waals surface area (Å²) in [5, 5.41) is 4.93. The summed E-state index contributed by atoms with van der Waals surface area (Å²) in [6.45, 7) is 2.81. The zero-order chi connectivity index (χ0) is 24.4. The first kappa shape index (κ1) is 23.3. The minimum absolute atomic E-state index is 0.0178. The molecular weight excluding hydrogens is 452 g/mol. The summed E-state index contributed by atoms with van der Waals surface area (Å²) in [5.74, 6) is -5.25. The quantitative estimate of drug-likeness (QED) is 0.563. The molecule has 3 heterocycles. The highest BCUT2D eigenvalue weighted by molar-refractivity contribution is 6.04. The van der Waals surface area contributed by atoms with Gasteiger partial charge in [0, 0.05) is 31.3 Å². The highest BCUT2D eigenvalue weighted by Gasteiger charge is 2.36. The molecule has 0 spiro atoms. The fourth-order valence-electron chi connectivity index (χ4n) is 4.16. The van der Waals surface area contributed by atoms with E-state index in [4.69, 9.17) is 4.74 Å². The van der Waals surface area contributed by atoms with E-state index in [0.717, 1.165) is 12.1 Å². The number of amides is 2. The van der Waals surface area contributed by atoms with Crippen LogP contribution in [0.2, 0.25) is 0 Å². The molecular formula is C22H23F2N5O5. The Morgan fingerprint density at radius 2 is 2.06 bits per heavy atom. The summed E-state index contributed by atoms with van der Waals surface area (Å²) in [6, 6.07) is 2.83. The van der Waals surface area contributed by atoms with Crippen molar-refractivity contribution in [2.75, 3.05) is 35.2 Å². The number of hydrogen-bond donors (Lipinski definition) is 3. The van der Waals surface area contributed by atoms with Crippen molar-refractivity contribution in [1.29, 1.82) is 0 Å². The van der Waals surface area contributed by atoms with Crippen molar-refractivity contribution in [3.63, 3.8) is 0 Å². The number of ether oxygens (including phenoxy) is 1. The second-order valence-electron chi connectivity index (χ2n) is 8.11. The number of hydrogen-bond acceptors (Lipinski definition) is 7. The van der Waals surface area contributed by atoms with Crippen molar-refractivity contribution in [2.24, 2.45) is 5.92 Å². The third kappa shape index (κ3) is 4.75. The molecule has 12 heteroatoms. The molecule has 34 heavy (non-hydrogen) atoms. The number of rotatable bonds is 5. The van der Waals surface area contributed by atoms with Crippen LogP contribution < -0.4 is 21.1 Å². The van der Waals surface area contributed by atoms with Gasteiger partial charge in [-0.2, -0.15) is 4.98 Å². The van der Waals surface area contributed by atoms with Crippen molar-refractivity contribution in [3.05, 3.63) is 45.8 Å². The van der Waals surface area contributed by atoms with E-state index in [0.29, 0.717) is 19.4 Å². The fourth-order valence-corrected chi connectivity index (χ4v) is 4.16. The van der Waals surface area contributed by atoms with E-state index in [1.54, 1.807) is 11.8 Å². The van der Waals surface area contributed by atoms with Gasteiger partial charge in [-0.05, 0) is 31.9 Å². The van der Waals surface area contributed by atoms with Gasteiger partial charge in [0.25, 0.3) is 5.56 Å². The lowest BCUT2D eigenvalue weighted by Crippen LogP contribution is -2.42. The number of carbonyl (C=O) groups is 3. The van der Waals surface area contributed by atoms with E-state index >= 15 is 0 Å². The Morgan fingerprint density at radius 1 is 1.26 bits per heavy atom. The maximum absolute atomic E-state index is 13.5. The van der Waals surface area contributed by atoms with Crippen LogP contribution in [0.5, 0.6) is 0 Å². The second-order valence-corrected chi connectivity index (χ2v) is 8.11. The monoisotopic (exact) mass is 475 g/mol. The van der Waals surface area contributed by atoms with Gasteiger partial charge in [-0.3, -0.25) is 24.2 Å². The fraction of sp³-hybridized carbons (Fsp3) is 0.409. The Hall–Kier alpha value is -3.83. The lowest BCUT2D eigenvalue weighted by Gasteiger charge is -2.32. The number of aromatic amines is 1. The Labute approximate surface area is 192 Å². The number of benzene rings is 1. The molecule has 0 aliphatic carbocycles. The number of halogens is 2. The lowest BCUT2D eigenvalue weighted by molar-refractivity contribution is -0.148. The molecule has 4 rings (SSSR count). The molecule has 1 fully saturated rings. The Bertz CT molecular complexity index is 1200. The van der Waals surface area contributed by atoms with Gasteiger partial charge in [0.05, 0.1) is 24.0 Å². The molecule has 0 saturated carbocycles. The Kier molecular flexibility index (Phi) is 6.57. The largest absolute Gasteiger partial charge is 0.466 e. The summed E-state index contributed by atoms with van der Waals surface area (Å²) < 4.78 is 31.7. The van der Waals surface area contributed by atoms with Crippen molar-refractivity contribution in [2.45, 2.75) is 32.1 Å². The van der Waals surface area contributed by atoms with Gasteiger partial charge in [0.1, 0.15) is 5.82 Å². The predicted octanol–water partition coefficient (Wildman–Crippen LogP) is 1.89. The Morgan fingerprint density at radius 3 is 2.79 bits per heavy atom. The highest BCUT2D eigenvalue weighted by Crippen LogP contribution is 2.31. The molecule has 10 nitrogen and oxygen atoms in total. The normalized spacial score (nSPS) is 19.7. The van der Waals surface area contributed by atoms with Crippen molar-refractivity contribution in [1.82, 2.24) is 9.97 Å². The maximum atomic E-state index is 13.5. The first-order valence-electron chi connectivity index (χ1n) is 10.9. The molecule has 180 valence electrons. The molecule has 2 atom stereocenters. The van der Waals surface area contributed by atoms with Crippen LogP contribution in [0, 0.1) is 17.6 Å². The number of aromatic nitrogens is 2. The minimum Gasteiger partial charge on any atom is -0.466 e. The van der Waals surface area contributed by atoms with E-state index in [1.807, 2.05) is 0 Å². The van der Waals surface area contributed by atoms with Gasteiger partial charge in [-0.25, -0.2) is 8.78 Å². The van der Waals surface area contributed by atoms with Crippen LogP contribution in [0.15, 0.2) is 23.0 Å². The van der Waals surface area contributed by atoms with Gasteiger partial charge in [-0.15, -0.1) is 0 Å². The summed E-state index contributed by atoms with van der Waals surface area (Å²) in [7, 11) is 0. The third-order valence-electron chi connectivity index (χ3n) is 5.78. The number of anilines is 3. The molecule has 2 amide bonds. The maximum Gasteiger partial charge on any atom is 0.310 e. The average molecular weight is 475 g/mol. The number of esters is 1. The highest BCUT2D eigenvalue weighted by atomic mass is 19.2. The second kappa shape index (κ2) is 9.57. The van der Waals surface area contributed by atoms with E-state index < -0.39 is 34.9 Å². The predicted molar refractivity (Wildman–Crippen MR) is 117 cm³/mol. The van der Waals surface area contributed by atoms with Gasteiger partial charge in [0.15, 0.2) is 11.6 Å². The molecule has 2 aliphatic rings. The molecule has 1 saturated heterocycles. The zero-order valence-electron chi connectivity index (χ0n) is 18.3. The van der Waals surface area contributed by atoms with Crippen LogP contribution in [-0.2, 0) is 19.1 Å². The summed E-state index contributed by atoms with van der Waals surface area (Å²) in [4.78, 5) is 58.9. The average Bonchev–Trinajstić information content (AvgIpc) is 2.80. The summed E-state index contributed by atoms with van der Waals surface area (Å²) in [6.07, 6.45) is 1.00. The summed E-state index contributed by atoms with van der Waals surface area (Å²) in [5.41, 5.74) is -0.679. The first-order valence-corrected chi connectivity index (χ1v) is 10.9. The number of nitrogens with one attached hydrogen (secondary N) is 3. The van der Waals surface area contributed by atoms with E-state index in [-0.39, 0.29) is 54.5 Å². The number of fused-ring (bicyclic) bond motifs is 1. The van der Waals surface area contributed by atoms with Gasteiger partial charge in [0.2, 0.25) is 17.8 Å². The van der Waals surface area contributed by atoms with Crippen LogP contribution >= 0.6 is 0 Å². The smallest absolute Gasteiger partial charge is 0.310 e. The topological polar surface area (TPSA) is 133 Å². The molecule has 2 aliphatic heterocycles. The number of carbonyl (C=O) groups excluding carboxylic acids is 3. The van der Waals surface area contributed by atoms with Crippen LogP contribution in [0.4, 0.5) is 26.2 Å². The van der Waals surface area contributed by atoms with Crippen molar-refractivity contribution >= 4 is 35.2 Å². The van der Waals surface area contributed by atoms with Crippen molar-refractivity contribution < 1.29 is 27.9 Å². The molecule has 3 N–H and O–H groups in total. The van der Waals surface area contributed by atoms with E-state index in [1.165, 1.54) is 6.07 Å². The van der Waals surface area contributed by atoms with Gasteiger partial charge in [-0.1, -0.05) is 0 Å². The van der Waals surface area contributed by atoms with Gasteiger partial charge >= 0.3 is 5.97 Å². The van der Waals surface area contributed by atoms with Gasteiger partial charge < -0.3 is 20.3 Å². The number of nitrogens with zero attached hydrogens (tertiary/aromatic N) is 2. The molecule has 2 unspecified atom stereocenters. The summed E-state index contributed by atoms with van der Waals surface area (Å²) >= 11 is 0. The van der Waals surface area contributed by atoms with Crippen LogP contribution in [0.1, 0.15) is 37.7 Å². The molecule has 1 aromatic heterocycles. The van der Waals surface area contributed by atoms with Crippen LogP contribution in [-0.4, -0.2) is 47.4 Å². The SMILES string of the molecule is CCOC(=O)C1CCCN(c2nc3c(c(=O)[nH]2)C(C(=O)Nc2ccc(F)c(F)c2)CC(=O)N3)C1. The van der Waals surface area contributed by atoms with E-state index in [2.05, 4.69) is 20.6 Å². The lowest BCUT2D eigenvalue weighted by atomic mass is 9.92. The molecule has 1 aromatic carbocycles. The Balaban J connectivity index is 1.59. The third-order valence-corrected chi connectivity index (χ3v) is 5.78. The molecule has 0 bridgehead atoms. The van der Waals surface area contributed by atoms with Crippen LogP contribution in [0.25, 0.3) is 0 Å².